The lowest BCUT2D eigenvalue weighted by atomic mass is 10.2. The molecule has 2 aromatic heterocycles. The molecule has 0 spiro atoms. The first-order chi connectivity index (χ1) is 11.2. The summed E-state index contributed by atoms with van der Waals surface area (Å²) in [7, 11) is 2.97. The second kappa shape index (κ2) is 7.98. The van der Waals surface area contributed by atoms with E-state index in [4.69, 9.17) is 9.47 Å². The van der Waals surface area contributed by atoms with E-state index in [-0.39, 0.29) is 12.4 Å². The Kier molecular flexibility index (Phi) is 5.74. The molecular formula is C18H20N2O3. The number of hydrogen-bond donors (Lipinski definition) is 0. The number of nitrogens with zero attached hydrogens (tertiary/aromatic N) is 2. The summed E-state index contributed by atoms with van der Waals surface area (Å²) < 4.78 is 11.8. The van der Waals surface area contributed by atoms with Crippen LogP contribution in [0.3, 0.4) is 0 Å². The van der Waals surface area contributed by atoms with Gasteiger partial charge >= 0.3 is 5.97 Å². The molecule has 5 heteroatoms. The van der Waals surface area contributed by atoms with Crippen molar-refractivity contribution in [1.82, 2.24) is 9.55 Å². The van der Waals surface area contributed by atoms with Gasteiger partial charge in [0.05, 0.1) is 20.6 Å². The highest BCUT2D eigenvalue weighted by molar-refractivity contribution is 5.75. The quantitative estimate of drug-likeness (QED) is 0.753. The Morgan fingerprint density at radius 3 is 2.78 bits per heavy atom. The van der Waals surface area contributed by atoms with E-state index in [1.54, 1.807) is 19.4 Å². The first-order valence-corrected chi connectivity index (χ1v) is 7.21. The van der Waals surface area contributed by atoms with Gasteiger partial charge in [0.15, 0.2) is 0 Å². The number of allylic oxidation sites excluding steroid dienone is 1. The summed E-state index contributed by atoms with van der Waals surface area (Å²) in [4.78, 5) is 15.6. The molecule has 0 bridgehead atoms. The van der Waals surface area contributed by atoms with Crippen molar-refractivity contribution < 1.29 is 14.3 Å². The fraction of sp³-hybridized carbons (Fsp3) is 0.222. The number of rotatable bonds is 6. The molecule has 23 heavy (non-hydrogen) atoms. The maximum atomic E-state index is 11.4. The zero-order chi connectivity index (χ0) is 16.7. The number of aromatic nitrogens is 2. The molecule has 0 radical (unpaired) electrons. The van der Waals surface area contributed by atoms with Gasteiger partial charge in [0.2, 0.25) is 5.88 Å². The maximum Gasteiger partial charge on any atom is 0.309 e. The predicted octanol–water partition coefficient (Wildman–Crippen LogP) is 1.25. The second-order valence-corrected chi connectivity index (χ2v) is 4.88. The number of hydrogen-bond acceptors (Lipinski definition) is 4. The lowest BCUT2D eigenvalue weighted by molar-refractivity contribution is -0.139. The van der Waals surface area contributed by atoms with E-state index in [2.05, 4.69) is 16.1 Å². The molecule has 0 unspecified atom stereocenters. The third kappa shape index (κ3) is 4.32. The monoisotopic (exact) mass is 312 g/mol. The first-order valence-electron chi connectivity index (χ1n) is 7.21. The fourth-order valence-electron chi connectivity index (χ4n) is 2.23. The van der Waals surface area contributed by atoms with Crippen molar-refractivity contribution in [3.8, 4) is 5.88 Å². The number of carbonyl (C=O) groups excluding carboxylic acids is 1. The third-order valence-corrected chi connectivity index (χ3v) is 3.39. The van der Waals surface area contributed by atoms with E-state index in [0.29, 0.717) is 12.4 Å². The fourth-order valence-corrected chi connectivity index (χ4v) is 2.23. The van der Waals surface area contributed by atoms with Gasteiger partial charge in [-0.1, -0.05) is 24.8 Å². The van der Waals surface area contributed by atoms with Crippen LogP contribution in [-0.4, -0.2) is 29.7 Å². The molecule has 0 atom stereocenters. The summed E-state index contributed by atoms with van der Waals surface area (Å²) in [5.74, 6) is 0.313. The van der Waals surface area contributed by atoms with E-state index in [1.165, 1.54) is 7.11 Å². The van der Waals surface area contributed by atoms with Gasteiger partial charge in [0.25, 0.3) is 0 Å². The summed E-state index contributed by atoms with van der Waals surface area (Å²) in [5, 5.41) is 1.96. The van der Waals surface area contributed by atoms with Gasteiger partial charge in [-0.25, -0.2) is 4.98 Å². The minimum Gasteiger partial charge on any atom is -0.481 e. The Balaban J connectivity index is 2.35. The zero-order valence-electron chi connectivity index (χ0n) is 13.4. The Bertz CT molecular complexity index is 789. The van der Waals surface area contributed by atoms with Crippen molar-refractivity contribution in [2.75, 3.05) is 14.2 Å². The lowest BCUT2D eigenvalue weighted by Gasteiger charge is -2.05. The average Bonchev–Trinajstić information content (AvgIpc) is 2.95. The van der Waals surface area contributed by atoms with Crippen LogP contribution < -0.4 is 15.3 Å². The highest BCUT2D eigenvalue weighted by Gasteiger charge is 2.02. The van der Waals surface area contributed by atoms with Crippen LogP contribution in [0.2, 0.25) is 0 Å². The van der Waals surface area contributed by atoms with Crippen molar-refractivity contribution in [2.45, 2.75) is 13.0 Å². The Morgan fingerprint density at radius 1 is 1.35 bits per heavy atom. The van der Waals surface area contributed by atoms with E-state index in [0.717, 1.165) is 16.1 Å². The average molecular weight is 312 g/mol. The lowest BCUT2D eigenvalue weighted by Crippen LogP contribution is -2.29. The van der Waals surface area contributed by atoms with Gasteiger partial charge in [-0.15, -0.1) is 0 Å². The van der Waals surface area contributed by atoms with Crippen molar-refractivity contribution in [1.29, 1.82) is 0 Å². The topological polar surface area (TPSA) is 53.4 Å². The van der Waals surface area contributed by atoms with Gasteiger partial charge in [-0.3, -0.25) is 4.79 Å². The SMILES string of the molecule is C=C/C=c1/ccn(Cc2ccc(OC)nc2)/c1=C/CC(=O)OC. The molecular weight excluding hydrogens is 292 g/mol. The maximum absolute atomic E-state index is 11.4. The standard InChI is InChI=1S/C18H20N2O3/c1-4-5-15-10-11-20(16(15)7-9-18(21)23-3)13-14-6-8-17(22-2)19-12-14/h4-8,10-12H,1,9,13H2,2-3H3/b15-5-,16-7+. The van der Waals surface area contributed by atoms with Crippen LogP contribution in [0.25, 0.3) is 12.2 Å². The normalized spacial score (nSPS) is 12.3. The van der Waals surface area contributed by atoms with Crippen LogP contribution >= 0.6 is 0 Å². The molecule has 0 N–H and O–H groups in total. The smallest absolute Gasteiger partial charge is 0.309 e. The van der Waals surface area contributed by atoms with E-state index < -0.39 is 0 Å². The van der Waals surface area contributed by atoms with Crippen molar-refractivity contribution in [2.24, 2.45) is 0 Å². The number of carbonyl (C=O) groups is 1. The molecule has 0 aromatic carbocycles. The predicted molar refractivity (Wildman–Crippen MR) is 89.3 cm³/mol. The molecule has 5 nitrogen and oxygen atoms in total. The van der Waals surface area contributed by atoms with Crippen LogP contribution in [0.4, 0.5) is 0 Å². The summed E-state index contributed by atoms with van der Waals surface area (Å²) >= 11 is 0. The van der Waals surface area contributed by atoms with Gasteiger partial charge in [-0.05, 0) is 22.9 Å². The highest BCUT2D eigenvalue weighted by atomic mass is 16.5. The van der Waals surface area contributed by atoms with Crippen molar-refractivity contribution >= 4 is 18.1 Å². The zero-order valence-corrected chi connectivity index (χ0v) is 13.4. The number of ether oxygens (including phenoxy) is 2. The van der Waals surface area contributed by atoms with E-state index in [9.17, 15) is 4.79 Å². The van der Waals surface area contributed by atoms with Crippen LogP contribution in [0.5, 0.6) is 5.88 Å². The van der Waals surface area contributed by atoms with Crippen molar-refractivity contribution in [3.05, 3.63) is 59.4 Å². The first kappa shape index (κ1) is 16.5. The minimum atomic E-state index is -0.270. The summed E-state index contributed by atoms with van der Waals surface area (Å²) in [6.07, 6.45) is 9.47. The Hall–Kier alpha value is -2.82. The molecule has 0 fully saturated rings. The molecule has 120 valence electrons. The Labute approximate surface area is 135 Å². The largest absolute Gasteiger partial charge is 0.481 e. The van der Waals surface area contributed by atoms with Gasteiger partial charge < -0.3 is 14.0 Å². The molecule has 0 aliphatic carbocycles. The summed E-state index contributed by atoms with van der Waals surface area (Å²) in [5.41, 5.74) is 1.04. The molecule has 0 aliphatic heterocycles. The van der Waals surface area contributed by atoms with Crippen LogP contribution in [0.1, 0.15) is 12.0 Å². The highest BCUT2D eigenvalue weighted by Crippen LogP contribution is 2.07. The van der Waals surface area contributed by atoms with Gasteiger partial charge in [0, 0.05) is 30.4 Å². The third-order valence-electron chi connectivity index (χ3n) is 3.39. The molecule has 2 rings (SSSR count). The van der Waals surface area contributed by atoms with Gasteiger partial charge in [-0.2, -0.15) is 0 Å². The number of esters is 1. The molecule has 0 aliphatic rings. The number of pyridine rings is 1. The molecule has 2 heterocycles. The Morgan fingerprint density at radius 2 is 2.17 bits per heavy atom. The second-order valence-electron chi connectivity index (χ2n) is 4.88. The minimum absolute atomic E-state index is 0.222. The molecule has 0 amide bonds. The van der Waals surface area contributed by atoms with Crippen LogP contribution in [-0.2, 0) is 16.1 Å². The van der Waals surface area contributed by atoms with E-state index in [1.807, 2.05) is 36.5 Å². The molecule has 0 saturated heterocycles. The van der Waals surface area contributed by atoms with Crippen LogP contribution in [0.15, 0.2) is 43.2 Å². The summed E-state index contributed by atoms with van der Waals surface area (Å²) in [6.45, 7) is 4.37. The van der Waals surface area contributed by atoms with Crippen molar-refractivity contribution in [3.63, 3.8) is 0 Å². The number of methoxy groups -OCH3 is 2. The van der Waals surface area contributed by atoms with Crippen LogP contribution in [0, 0.1) is 0 Å². The molecule has 2 aromatic rings. The van der Waals surface area contributed by atoms with E-state index >= 15 is 0 Å². The summed E-state index contributed by atoms with van der Waals surface area (Å²) in [6, 6.07) is 5.78. The van der Waals surface area contributed by atoms with Gasteiger partial charge in [0.1, 0.15) is 0 Å². The molecule has 0 saturated carbocycles.